The maximum Gasteiger partial charge on any atom is 0.330 e. The van der Waals surface area contributed by atoms with Gasteiger partial charge in [-0.1, -0.05) is 31.4 Å². The third-order valence-corrected chi connectivity index (χ3v) is 4.22. The molecule has 0 spiro atoms. The highest BCUT2D eigenvalue weighted by Gasteiger charge is 2.39. The van der Waals surface area contributed by atoms with Gasteiger partial charge in [0.1, 0.15) is 5.41 Å². The van der Waals surface area contributed by atoms with Crippen molar-refractivity contribution in [2.24, 2.45) is 5.41 Å². The molecule has 2 rings (SSSR count). The number of rotatable bonds is 5. The minimum absolute atomic E-state index is 0.223. The first kappa shape index (κ1) is 17.7. The van der Waals surface area contributed by atoms with Crippen LogP contribution in [0.3, 0.4) is 0 Å². The van der Waals surface area contributed by atoms with Crippen molar-refractivity contribution in [2.75, 3.05) is 11.9 Å². The molecule has 1 N–H and O–H groups in total. The highest BCUT2D eigenvalue weighted by molar-refractivity contribution is 5.97. The minimum Gasteiger partial charge on any atom is -0.463 e. The predicted molar refractivity (Wildman–Crippen MR) is 91.9 cm³/mol. The van der Waals surface area contributed by atoms with Crippen LogP contribution in [0.1, 0.15) is 44.6 Å². The molecule has 0 bridgehead atoms. The van der Waals surface area contributed by atoms with Crippen molar-refractivity contribution < 1.29 is 14.3 Å². The van der Waals surface area contributed by atoms with Gasteiger partial charge in [-0.25, -0.2) is 4.79 Å². The Balaban J connectivity index is 1.99. The van der Waals surface area contributed by atoms with Gasteiger partial charge in [-0.3, -0.25) is 4.79 Å². The van der Waals surface area contributed by atoms with Crippen LogP contribution < -0.4 is 5.32 Å². The summed E-state index contributed by atoms with van der Waals surface area (Å²) in [6.07, 6.45) is 7.17. The second kappa shape index (κ2) is 8.30. The molecule has 1 aromatic rings. The number of carbonyl (C=O) groups excluding carboxylic acids is 2. The Hall–Kier alpha value is -2.61. The summed E-state index contributed by atoms with van der Waals surface area (Å²) in [6, 6.07) is 9.33. The van der Waals surface area contributed by atoms with Gasteiger partial charge >= 0.3 is 5.97 Å². The summed E-state index contributed by atoms with van der Waals surface area (Å²) < 4.78 is 4.82. The molecule has 1 fully saturated rings. The van der Waals surface area contributed by atoms with Gasteiger partial charge in [0, 0.05) is 11.8 Å². The van der Waals surface area contributed by atoms with Crippen molar-refractivity contribution in [3.05, 3.63) is 35.9 Å². The van der Waals surface area contributed by atoms with Crippen LogP contribution >= 0.6 is 0 Å². The van der Waals surface area contributed by atoms with Gasteiger partial charge in [0.2, 0.25) is 5.91 Å². The summed E-state index contributed by atoms with van der Waals surface area (Å²) >= 11 is 0. The number of benzene rings is 1. The summed E-state index contributed by atoms with van der Waals surface area (Å²) in [5, 5.41) is 12.3. The number of anilines is 1. The van der Waals surface area contributed by atoms with Crippen LogP contribution in [0.5, 0.6) is 0 Å². The molecule has 1 saturated carbocycles. The SMILES string of the molecule is CCOC(=O)C=Cc1ccc(NC(=O)C2(C#N)CCCCC2)cc1. The van der Waals surface area contributed by atoms with Crippen molar-refractivity contribution in [1.29, 1.82) is 5.26 Å². The number of nitrogens with one attached hydrogen (secondary N) is 1. The second-order valence-electron chi connectivity index (χ2n) is 5.92. The fourth-order valence-corrected chi connectivity index (χ4v) is 2.83. The highest BCUT2D eigenvalue weighted by Crippen LogP contribution is 2.36. The molecule has 126 valence electrons. The van der Waals surface area contributed by atoms with Gasteiger partial charge in [-0.2, -0.15) is 5.26 Å². The summed E-state index contributed by atoms with van der Waals surface area (Å²) in [6.45, 7) is 2.10. The first-order chi connectivity index (χ1) is 11.6. The zero-order valence-corrected chi connectivity index (χ0v) is 13.9. The van der Waals surface area contributed by atoms with Gasteiger partial charge in [0.25, 0.3) is 0 Å². The van der Waals surface area contributed by atoms with E-state index >= 15 is 0 Å². The first-order valence-electron chi connectivity index (χ1n) is 8.27. The lowest BCUT2D eigenvalue weighted by molar-refractivity contribution is -0.137. The van der Waals surface area contributed by atoms with Crippen molar-refractivity contribution in [3.8, 4) is 6.07 Å². The van der Waals surface area contributed by atoms with Crippen molar-refractivity contribution in [2.45, 2.75) is 39.0 Å². The molecule has 1 aliphatic rings. The van der Waals surface area contributed by atoms with Gasteiger partial charge in [-0.15, -0.1) is 0 Å². The number of esters is 1. The normalized spacial score (nSPS) is 16.3. The van der Waals surface area contributed by atoms with E-state index in [9.17, 15) is 14.9 Å². The fourth-order valence-electron chi connectivity index (χ4n) is 2.83. The van der Waals surface area contributed by atoms with Crippen LogP contribution in [0.2, 0.25) is 0 Å². The molecule has 0 aliphatic heterocycles. The van der Waals surface area contributed by atoms with E-state index in [-0.39, 0.29) is 11.9 Å². The Morgan fingerprint density at radius 3 is 2.50 bits per heavy atom. The van der Waals surface area contributed by atoms with Crippen LogP contribution in [0.4, 0.5) is 5.69 Å². The van der Waals surface area contributed by atoms with E-state index in [0.717, 1.165) is 24.8 Å². The summed E-state index contributed by atoms with van der Waals surface area (Å²) in [7, 11) is 0. The molecule has 5 nitrogen and oxygen atoms in total. The van der Waals surface area contributed by atoms with E-state index in [1.807, 2.05) is 0 Å². The monoisotopic (exact) mass is 326 g/mol. The van der Waals surface area contributed by atoms with Crippen LogP contribution in [0.15, 0.2) is 30.3 Å². The van der Waals surface area contributed by atoms with Crippen LogP contribution in [0, 0.1) is 16.7 Å². The number of nitrogens with zero attached hydrogens (tertiary/aromatic N) is 1. The number of ether oxygens (including phenoxy) is 1. The molecular formula is C19H22N2O3. The van der Waals surface area contributed by atoms with Crippen LogP contribution in [-0.2, 0) is 14.3 Å². The van der Waals surface area contributed by atoms with Gasteiger partial charge < -0.3 is 10.1 Å². The predicted octanol–water partition coefficient (Wildman–Crippen LogP) is 3.68. The number of hydrogen-bond acceptors (Lipinski definition) is 4. The molecular weight excluding hydrogens is 304 g/mol. The second-order valence-corrected chi connectivity index (χ2v) is 5.92. The molecule has 1 amide bonds. The standard InChI is InChI=1S/C19H22N2O3/c1-2-24-17(22)11-8-15-6-9-16(10-7-15)21-18(23)19(14-20)12-4-3-5-13-19/h6-11H,2-5,12-13H2,1H3,(H,21,23). The third-order valence-electron chi connectivity index (χ3n) is 4.22. The quantitative estimate of drug-likeness (QED) is 0.661. The first-order valence-corrected chi connectivity index (χ1v) is 8.27. The van der Waals surface area contributed by atoms with Gasteiger partial charge in [-0.05, 0) is 43.5 Å². The minimum atomic E-state index is -0.902. The Morgan fingerprint density at radius 1 is 1.25 bits per heavy atom. The zero-order chi connectivity index (χ0) is 17.4. The number of hydrogen-bond donors (Lipinski definition) is 1. The van der Waals surface area contributed by atoms with E-state index in [2.05, 4.69) is 11.4 Å². The molecule has 0 radical (unpaired) electrons. The molecule has 0 atom stereocenters. The average Bonchev–Trinajstić information content (AvgIpc) is 2.62. The smallest absolute Gasteiger partial charge is 0.330 e. The van der Waals surface area contributed by atoms with E-state index in [1.165, 1.54) is 6.08 Å². The lowest BCUT2D eigenvalue weighted by Gasteiger charge is -2.29. The lowest BCUT2D eigenvalue weighted by Crippen LogP contribution is -2.36. The largest absolute Gasteiger partial charge is 0.463 e. The third kappa shape index (κ3) is 4.45. The van der Waals surface area contributed by atoms with E-state index in [1.54, 1.807) is 37.3 Å². The molecule has 5 heteroatoms. The van der Waals surface area contributed by atoms with Crippen LogP contribution in [0.25, 0.3) is 6.08 Å². The Morgan fingerprint density at radius 2 is 1.92 bits per heavy atom. The summed E-state index contributed by atoms with van der Waals surface area (Å²) in [4.78, 5) is 23.8. The van der Waals surface area contributed by atoms with Gasteiger partial charge in [0.05, 0.1) is 12.7 Å². The average molecular weight is 326 g/mol. The van der Waals surface area contributed by atoms with Gasteiger partial charge in [0.15, 0.2) is 0 Å². The van der Waals surface area contributed by atoms with E-state index in [0.29, 0.717) is 25.1 Å². The van der Waals surface area contributed by atoms with Crippen LogP contribution in [-0.4, -0.2) is 18.5 Å². The van der Waals surface area contributed by atoms with Crippen molar-refractivity contribution in [1.82, 2.24) is 0 Å². The molecule has 0 heterocycles. The van der Waals surface area contributed by atoms with Crippen molar-refractivity contribution >= 4 is 23.6 Å². The fraction of sp³-hybridized carbons (Fsp3) is 0.421. The maximum absolute atomic E-state index is 12.5. The highest BCUT2D eigenvalue weighted by atomic mass is 16.5. The van der Waals surface area contributed by atoms with E-state index in [4.69, 9.17) is 4.74 Å². The topological polar surface area (TPSA) is 79.2 Å². The Bertz CT molecular complexity index is 650. The zero-order valence-electron chi connectivity index (χ0n) is 13.9. The summed E-state index contributed by atoms with van der Waals surface area (Å²) in [5.41, 5.74) is 0.572. The molecule has 1 aromatic carbocycles. The summed E-state index contributed by atoms with van der Waals surface area (Å²) in [5.74, 6) is -0.609. The number of nitriles is 1. The van der Waals surface area contributed by atoms with E-state index < -0.39 is 5.41 Å². The Kier molecular flexibility index (Phi) is 6.14. The maximum atomic E-state index is 12.5. The molecule has 0 saturated heterocycles. The Labute approximate surface area is 142 Å². The molecule has 24 heavy (non-hydrogen) atoms. The molecule has 0 aromatic heterocycles. The van der Waals surface area contributed by atoms with Crippen molar-refractivity contribution in [3.63, 3.8) is 0 Å². The molecule has 0 unspecified atom stereocenters. The lowest BCUT2D eigenvalue weighted by atomic mass is 9.74. The number of amides is 1. The molecule has 1 aliphatic carbocycles. The number of carbonyl (C=O) groups is 2.